The monoisotopic (exact) mass is 539 g/mol. The molecule has 0 fully saturated rings. The van der Waals surface area contributed by atoms with E-state index < -0.39 is 0 Å². The Hall–Kier alpha value is -2.68. The van der Waals surface area contributed by atoms with Crippen molar-refractivity contribution in [2.75, 3.05) is 13.1 Å². The molecule has 0 aliphatic rings. The number of hydrogen-bond acceptors (Lipinski definition) is 4. The van der Waals surface area contributed by atoms with Crippen LogP contribution in [0.3, 0.4) is 0 Å². The van der Waals surface area contributed by atoms with Crippen molar-refractivity contribution < 1.29 is 9.18 Å². The third kappa shape index (κ3) is 7.16. The topological polar surface area (TPSA) is 110 Å². The Morgan fingerprint density at radius 1 is 0.971 bits per heavy atom. The SMILES string of the molecule is Cl.Cl.Cl.NCCC[C@H](N)CNC(=O)c1[nH]c2cc(-c3ccc(F)cc3)ccc2c1-c1ccncc1. The van der Waals surface area contributed by atoms with Gasteiger partial charge in [-0.2, -0.15) is 0 Å². The summed E-state index contributed by atoms with van der Waals surface area (Å²) in [5, 5.41) is 3.85. The van der Waals surface area contributed by atoms with Crippen LogP contribution in [0.25, 0.3) is 33.2 Å². The molecule has 35 heavy (non-hydrogen) atoms. The summed E-state index contributed by atoms with van der Waals surface area (Å²) < 4.78 is 13.3. The number of H-pyrrole nitrogens is 1. The lowest BCUT2D eigenvalue weighted by Gasteiger charge is -2.12. The largest absolute Gasteiger partial charge is 0.350 e. The molecule has 4 rings (SSSR count). The number of aromatic nitrogens is 2. The van der Waals surface area contributed by atoms with E-state index in [1.807, 2.05) is 30.3 Å². The number of pyridine rings is 1. The quantitative estimate of drug-likeness (QED) is 0.249. The van der Waals surface area contributed by atoms with Crippen LogP contribution in [0.2, 0.25) is 0 Å². The second-order valence-corrected chi connectivity index (χ2v) is 7.78. The zero-order chi connectivity index (χ0) is 22.5. The smallest absolute Gasteiger partial charge is 0.268 e. The summed E-state index contributed by atoms with van der Waals surface area (Å²) in [7, 11) is 0. The third-order valence-electron chi connectivity index (χ3n) is 5.48. The minimum atomic E-state index is -0.279. The summed E-state index contributed by atoms with van der Waals surface area (Å²) in [5.74, 6) is -0.502. The van der Waals surface area contributed by atoms with Gasteiger partial charge in [-0.05, 0) is 66.4 Å². The molecule has 6 N–H and O–H groups in total. The van der Waals surface area contributed by atoms with Crippen molar-refractivity contribution in [3.63, 3.8) is 0 Å². The van der Waals surface area contributed by atoms with Gasteiger partial charge in [-0.25, -0.2) is 4.39 Å². The number of halogens is 4. The number of carbonyl (C=O) groups is 1. The normalized spacial score (nSPS) is 11.1. The van der Waals surface area contributed by atoms with Gasteiger partial charge in [0.05, 0.1) is 0 Å². The average Bonchev–Trinajstić information content (AvgIpc) is 3.21. The number of fused-ring (bicyclic) bond motifs is 1. The number of carbonyl (C=O) groups excluding carboxylic acids is 1. The van der Waals surface area contributed by atoms with Crippen LogP contribution in [0, 0.1) is 5.82 Å². The van der Waals surface area contributed by atoms with Crippen molar-refractivity contribution in [2.24, 2.45) is 11.5 Å². The fourth-order valence-electron chi connectivity index (χ4n) is 3.80. The maximum absolute atomic E-state index is 13.3. The molecule has 2 aromatic carbocycles. The molecule has 0 saturated carbocycles. The van der Waals surface area contributed by atoms with Crippen LogP contribution in [0.15, 0.2) is 67.0 Å². The van der Waals surface area contributed by atoms with Crippen LogP contribution in [-0.2, 0) is 0 Å². The lowest BCUT2D eigenvalue weighted by Crippen LogP contribution is -2.37. The van der Waals surface area contributed by atoms with Crippen LogP contribution in [0.4, 0.5) is 4.39 Å². The fraction of sp³-hybridized carbons (Fsp3) is 0.200. The average molecular weight is 541 g/mol. The summed E-state index contributed by atoms with van der Waals surface area (Å²) >= 11 is 0. The highest BCUT2D eigenvalue weighted by molar-refractivity contribution is 6.10. The molecule has 2 heterocycles. The maximum Gasteiger partial charge on any atom is 0.268 e. The van der Waals surface area contributed by atoms with Crippen LogP contribution in [-0.4, -0.2) is 35.0 Å². The number of nitrogens with zero attached hydrogens (tertiary/aromatic N) is 1. The number of aromatic amines is 1. The number of rotatable bonds is 8. The first kappa shape index (κ1) is 30.4. The number of amides is 1. The zero-order valence-corrected chi connectivity index (χ0v) is 21.3. The molecular weight excluding hydrogens is 512 g/mol. The molecular formula is C25H29Cl3FN5O. The van der Waals surface area contributed by atoms with E-state index in [-0.39, 0.29) is 55.0 Å². The van der Waals surface area contributed by atoms with E-state index in [1.54, 1.807) is 24.5 Å². The standard InChI is InChI=1S/C25H26FN5O.3ClH/c26-19-6-3-16(4-7-19)18-5-8-21-22(14-18)31-24(23(21)17-9-12-29-13-10-17)25(32)30-15-20(28)2-1-11-27;;;/h3-10,12-14,20,31H,1-2,11,15,27-28H2,(H,30,32);3*1H/t20-;;;/m0.../s1. The van der Waals surface area contributed by atoms with Gasteiger partial charge in [-0.1, -0.05) is 24.3 Å². The molecule has 0 saturated heterocycles. The molecule has 2 aromatic heterocycles. The van der Waals surface area contributed by atoms with Gasteiger partial charge in [0.15, 0.2) is 0 Å². The van der Waals surface area contributed by atoms with E-state index in [4.69, 9.17) is 11.5 Å². The first-order chi connectivity index (χ1) is 15.6. The Kier molecular flexibility index (Phi) is 12.2. The Bertz CT molecular complexity index is 1220. The number of nitrogens with two attached hydrogens (primary N) is 2. The van der Waals surface area contributed by atoms with Crippen LogP contribution >= 0.6 is 37.2 Å². The predicted molar refractivity (Wildman–Crippen MR) is 147 cm³/mol. The lowest BCUT2D eigenvalue weighted by atomic mass is 9.99. The molecule has 1 atom stereocenters. The molecule has 10 heteroatoms. The number of nitrogens with one attached hydrogen (secondary N) is 2. The molecule has 1 amide bonds. The van der Waals surface area contributed by atoms with Crippen molar-refractivity contribution in [1.82, 2.24) is 15.3 Å². The summed E-state index contributed by atoms with van der Waals surface area (Å²) in [4.78, 5) is 20.5. The summed E-state index contributed by atoms with van der Waals surface area (Å²) in [6, 6.07) is 15.9. The molecule has 0 unspecified atom stereocenters. The van der Waals surface area contributed by atoms with Gasteiger partial charge < -0.3 is 21.8 Å². The van der Waals surface area contributed by atoms with Crippen LogP contribution in [0.1, 0.15) is 23.3 Å². The molecule has 0 aliphatic heterocycles. The van der Waals surface area contributed by atoms with Crippen LogP contribution < -0.4 is 16.8 Å². The number of hydrogen-bond donors (Lipinski definition) is 4. The molecule has 0 radical (unpaired) electrons. The number of benzene rings is 2. The highest BCUT2D eigenvalue weighted by atomic mass is 35.5. The summed E-state index contributed by atoms with van der Waals surface area (Å²) in [6.45, 7) is 0.942. The Labute approximate surface area is 222 Å². The highest BCUT2D eigenvalue weighted by Crippen LogP contribution is 2.34. The van der Waals surface area contributed by atoms with E-state index in [0.29, 0.717) is 18.8 Å². The van der Waals surface area contributed by atoms with Gasteiger partial charge in [-0.15, -0.1) is 37.2 Å². The van der Waals surface area contributed by atoms with Crippen molar-refractivity contribution in [1.29, 1.82) is 0 Å². The van der Waals surface area contributed by atoms with Gasteiger partial charge in [0, 0.05) is 41.4 Å². The second kappa shape index (κ2) is 14.0. The summed E-state index contributed by atoms with van der Waals surface area (Å²) in [6.07, 6.45) is 4.97. The fourth-order valence-corrected chi connectivity index (χ4v) is 3.80. The molecule has 188 valence electrons. The molecule has 6 nitrogen and oxygen atoms in total. The van der Waals surface area contributed by atoms with Gasteiger partial charge in [0.2, 0.25) is 0 Å². The zero-order valence-electron chi connectivity index (χ0n) is 18.9. The Balaban J connectivity index is 0.00000204. The molecule has 0 spiro atoms. The molecule has 4 aromatic rings. The lowest BCUT2D eigenvalue weighted by molar-refractivity contribution is 0.0947. The van der Waals surface area contributed by atoms with E-state index in [1.165, 1.54) is 12.1 Å². The van der Waals surface area contributed by atoms with E-state index in [2.05, 4.69) is 15.3 Å². The Morgan fingerprint density at radius 2 is 1.63 bits per heavy atom. The van der Waals surface area contributed by atoms with Crippen molar-refractivity contribution in [3.8, 4) is 22.3 Å². The van der Waals surface area contributed by atoms with E-state index in [9.17, 15) is 9.18 Å². The van der Waals surface area contributed by atoms with E-state index >= 15 is 0 Å². The summed E-state index contributed by atoms with van der Waals surface area (Å²) in [5.41, 5.74) is 16.4. The Morgan fingerprint density at radius 3 is 2.29 bits per heavy atom. The molecule has 0 bridgehead atoms. The minimum Gasteiger partial charge on any atom is -0.350 e. The minimum absolute atomic E-state index is 0. The van der Waals surface area contributed by atoms with Crippen molar-refractivity contribution >= 4 is 54.0 Å². The highest BCUT2D eigenvalue weighted by Gasteiger charge is 2.20. The molecule has 0 aliphatic carbocycles. The maximum atomic E-state index is 13.3. The predicted octanol–water partition coefficient (Wildman–Crippen LogP) is 5.10. The third-order valence-corrected chi connectivity index (χ3v) is 5.48. The van der Waals surface area contributed by atoms with Gasteiger partial charge in [0.1, 0.15) is 11.5 Å². The van der Waals surface area contributed by atoms with Gasteiger partial charge in [0.25, 0.3) is 5.91 Å². The van der Waals surface area contributed by atoms with Crippen LogP contribution in [0.5, 0.6) is 0 Å². The first-order valence-corrected chi connectivity index (χ1v) is 10.6. The van der Waals surface area contributed by atoms with Crippen molar-refractivity contribution in [3.05, 3.63) is 78.5 Å². The van der Waals surface area contributed by atoms with Crippen molar-refractivity contribution in [2.45, 2.75) is 18.9 Å². The second-order valence-electron chi connectivity index (χ2n) is 7.78. The van der Waals surface area contributed by atoms with Gasteiger partial charge in [-0.3, -0.25) is 9.78 Å². The first-order valence-electron chi connectivity index (χ1n) is 10.6. The van der Waals surface area contributed by atoms with Gasteiger partial charge >= 0.3 is 0 Å². The van der Waals surface area contributed by atoms with E-state index in [0.717, 1.165) is 46.0 Å².